The third-order valence-corrected chi connectivity index (χ3v) is 3.95. The van der Waals surface area contributed by atoms with E-state index in [9.17, 15) is 0 Å². The molecule has 1 aliphatic rings. The van der Waals surface area contributed by atoms with Crippen molar-refractivity contribution in [2.45, 2.75) is 19.4 Å². The fourth-order valence-electron chi connectivity index (χ4n) is 2.98. The third kappa shape index (κ3) is 1.99. The molecule has 0 bridgehead atoms. The number of imidazole rings is 1. The molecule has 0 saturated carbocycles. The van der Waals surface area contributed by atoms with Crippen molar-refractivity contribution in [3.63, 3.8) is 0 Å². The minimum Gasteiger partial charge on any atom is -0.488 e. The fourth-order valence-corrected chi connectivity index (χ4v) is 2.98. The van der Waals surface area contributed by atoms with Crippen molar-refractivity contribution >= 4 is 11.0 Å². The molecule has 106 valence electrons. The van der Waals surface area contributed by atoms with E-state index in [0.717, 1.165) is 34.6 Å². The molecule has 2 heterocycles. The van der Waals surface area contributed by atoms with Crippen molar-refractivity contribution in [3.8, 4) is 17.1 Å². The molecule has 0 amide bonds. The zero-order valence-corrected chi connectivity index (χ0v) is 11.9. The second-order valence-corrected chi connectivity index (χ2v) is 5.58. The summed E-state index contributed by atoms with van der Waals surface area (Å²) in [4.78, 5) is 8.06. The molecule has 0 fully saturated rings. The van der Waals surface area contributed by atoms with Crippen LogP contribution in [0.3, 0.4) is 0 Å². The van der Waals surface area contributed by atoms with Crippen LogP contribution in [0.2, 0.25) is 0 Å². The molecule has 21 heavy (non-hydrogen) atoms. The molecule has 4 heteroatoms. The van der Waals surface area contributed by atoms with Crippen LogP contribution in [0.4, 0.5) is 0 Å². The lowest BCUT2D eigenvalue weighted by Gasteiger charge is -2.10. The van der Waals surface area contributed by atoms with Gasteiger partial charge in [0, 0.05) is 13.0 Å². The number of para-hydroxylation sites is 2. The van der Waals surface area contributed by atoms with Gasteiger partial charge in [0.25, 0.3) is 0 Å². The lowest BCUT2D eigenvalue weighted by Crippen LogP contribution is -2.24. The number of aromatic nitrogens is 2. The van der Waals surface area contributed by atoms with Crippen LogP contribution in [0.15, 0.2) is 36.4 Å². The van der Waals surface area contributed by atoms with E-state index < -0.39 is 0 Å². The van der Waals surface area contributed by atoms with Crippen molar-refractivity contribution in [3.05, 3.63) is 47.5 Å². The van der Waals surface area contributed by atoms with Crippen molar-refractivity contribution in [2.75, 3.05) is 6.54 Å². The molecule has 1 aliphatic heterocycles. The summed E-state index contributed by atoms with van der Waals surface area (Å²) in [6.45, 7) is 2.63. The Balaban J connectivity index is 1.89. The molecule has 0 spiro atoms. The number of aryl methyl sites for hydroxylation is 1. The van der Waals surface area contributed by atoms with Gasteiger partial charge in [0.1, 0.15) is 17.7 Å². The molecule has 1 aromatic heterocycles. The Morgan fingerprint density at radius 2 is 2.19 bits per heavy atom. The van der Waals surface area contributed by atoms with Crippen LogP contribution >= 0.6 is 0 Å². The van der Waals surface area contributed by atoms with Crippen LogP contribution in [0.1, 0.15) is 11.1 Å². The van der Waals surface area contributed by atoms with Gasteiger partial charge in [-0.2, -0.15) is 0 Å². The summed E-state index contributed by atoms with van der Waals surface area (Å²) in [5.74, 6) is 1.78. The normalized spacial score (nSPS) is 17.0. The number of hydrogen-bond acceptors (Lipinski definition) is 3. The maximum absolute atomic E-state index is 6.01. The van der Waals surface area contributed by atoms with Gasteiger partial charge in [0.2, 0.25) is 0 Å². The number of hydrogen-bond donors (Lipinski definition) is 2. The number of nitrogens with two attached hydrogens (primary N) is 1. The molecule has 2 aromatic carbocycles. The third-order valence-electron chi connectivity index (χ3n) is 3.95. The SMILES string of the molecule is Cc1cc2c(c(-c3nc4ccccc4[nH]3)c1)O[C@@H](CN)C2. The highest BCUT2D eigenvalue weighted by Gasteiger charge is 2.26. The predicted molar refractivity (Wildman–Crippen MR) is 83.4 cm³/mol. The van der Waals surface area contributed by atoms with Crippen molar-refractivity contribution in [1.82, 2.24) is 9.97 Å². The number of aromatic amines is 1. The van der Waals surface area contributed by atoms with Crippen LogP contribution in [0.5, 0.6) is 5.75 Å². The topological polar surface area (TPSA) is 63.9 Å². The fraction of sp³-hybridized carbons (Fsp3) is 0.235. The lowest BCUT2D eigenvalue weighted by atomic mass is 10.0. The Hall–Kier alpha value is -2.33. The smallest absolute Gasteiger partial charge is 0.142 e. The molecule has 1 atom stereocenters. The van der Waals surface area contributed by atoms with Gasteiger partial charge in [-0.3, -0.25) is 0 Å². The van der Waals surface area contributed by atoms with E-state index in [0.29, 0.717) is 6.54 Å². The first-order chi connectivity index (χ1) is 10.2. The van der Waals surface area contributed by atoms with Gasteiger partial charge in [-0.1, -0.05) is 18.2 Å². The number of fused-ring (bicyclic) bond motifs is 2. The largest absolute Gasteiger partial charge is 0.488 e. The van der Waals surface area contributed by atoms with Gasteiger partial charge >= 0.3 is 0 Å². The standard InChI is InChI=1S/C17H17N3O/c1-10-6-11-8-12(9-18)21-16(11)13(7-10)17-19-14-4-2-3-5-15(14)20-17/h2-7,12H,8-9,18H2,1H3,(H,19,20)/t12-/m1/s1. The predicted octanol–water partition coefficient (Wildman–Crippen LogP) is 2.80. The summed E-state index contributed by atoms with van der Waals surface area (Å²) >= 11 is 0. The summed E-state index contributed by atoms with van der Waals surface area (Å²) in [5, 5.41) is 0. The van der Waals surface area contributed by atoms with Crippen LogP contribution in [-0.2, 0) is 6.42 Å². The molecule has 4 nitrogen and oxygen atoms in total. The van der Waals surface area contributed by atoms with Gasteiger partial charge in [0.05, 0.1) is 16.6 Å². The average Bonchev–Trinajstić information content (AvgIpc) is 3.09. The molecular formula is C17H17N3O. The van der Waals surface area contributed by atoms with E-state index in [1.807, 2.05) is 24.3 Å². The Morgan fingerprint density at radius 1 is 1.33 bits per heavy atom. The molecule has 3 aromatic rings. The first-order valence-electron chi connectivity index (χ1n) is 7.20. The molecule has 0 aliphatic carbocycles. The Kier molecular flexibility index (Phi) is 2.72. The highest BCUT2D eigenvalue weighted by Crippen LogP contribution is 2.39. The highest BCUT2D eigenvalue weighted by molar-refractivity contribution is 5.81. The lowest BCUT2D eigenvalue weighted by molar-refractivity contribution is 0.242. The average molecular weight is 279 g/mol. The quantitative estimate of drug-likeness (QED) is 0.758. The van der Waals surface area contributed by atoms with Gasteiger partial charge in [-0.05, 0) is 36.2 Å². The van der Waals surface area contributed by atoms with Crippen LogP contribution in [0.25, 0.3) is 22.4 Å². The minimum atomic E-state index is 0.0740. The van der Waals surface area contributed by atoms with E-state index >= 15 is 0 Å². The molecular weight excluding hydrogens is 262 g/mol. The van der Waals surface area contributed by atoms with Gasteiger partial charge in [-0.25, -0.2) is 4.98 Å². The first-order valence-corrected chi connectivity index (χ1v) is 7.20. The highest BCUT2D eigenvalue weighted by atomic mass is 16.5. The minimum absolute atomic E-state index is 0.0740. The Bertz CT molecular complexity index is 789. The zero-order chi connectivity index (χ0) is 14.4. The molecule has 0 unspecified atom stereocenters. The number of nitrogens with one attached hydrogen (secondary N) is 1. The van der Waals surface area contributed by atoms with Crippen molar-refractivity contribution < 1.29 is 4.74 Å². The van der Waals surface area contributed by atoms with E-state index in [1.165, 1.54) is 11.1 Å². The van der Waals surface area contributed by atoms with Gasteiger partial charge in [0.15, 0.2) is 0 Å². The summed E-state index contributed by atoms with van der Waals surface area (Å²) in [5.41, 5.74) is 11.2. The monoisotopic (exact) mass is 279 g/mol. The molecule has 3 N–H and O–H groups in total. The van der Waals surface area contributed by atoms with Gasteiger partial charge < -0.3 is 15.5 Å². The van der Waals surface area contributed by atoms with Crippen LogP contribution in [0, 0.1) is 6.92 Å². The summed E-state index contributed by atoms with van der Waals surface area (Å²) in [6, 6.07) is 12.3. The second kappa shape index (κ2) is 4.60. The number of H-pyrrole nitrogens is 1. The van der Waals surface area contributed by atoms with E-state index in [-0.39, 0.29) is 6.10 Å². The van der Waals surface area contributed by atoms with E-state index in [1.54, 1.807) is 0 Å². The van der Waals surface area contributed by atoms with Crippen molar-refractivity contribution in [1.29, 1.82) is 0 Å². The summed E-state index contributed by atoms with van der Waals surface area (Å²) < 4.78 is 6.01. The van der Waals surface area contributed by atoms with Gasteiger partial charge in [-0.15, -0.1) is 0 Å². The molecule has 0 saturated heterocycles. The van der Waals surface area contributed by atoms with E-state index in [2.05, 4.69) is 29.0 Å². The second-order valence-electron chi connectivity index (χ2n) is 5.58. The summed E-state index contributed by atoms with van der Waals surface area (Å²) in [7, 11) is 0. The Labute approximate surface area is 123 Å². The maximum atomic E-state index is 6.01. The zero-order valence-electron chi connectivity index (χ0n) is 11.9. The first kappa shape index (κ1) is 12.4. The number of nitrogens with zero attached hydrogens (tertiary/aromatic N) is 1. The molecule has 0 radical (unpaired) electrons. The molecule has 4 rings (SSSR count). The number of rotatable bonds is 2. The number of benzene rings is 2. The van der Waals surface area contributed by atoms with E-state index in [4.69, 9.17) is 10.5 Å². The van der Waals surface area contributed by atoms with Crippen LogP contribution in [-0.4, -0.2) is 22.6 Å². The summed E-state index contributed by atoms with van der Waals surface area (Å²) in [6.07, 6.45) is 0.950. The van der Waals surface area contributed by atoms with Crippen molar-refractivity contribution in [2.24, 2.45) is 5.73 Å². The number of ether oxygens (including phenoxy) is 1. The van der Waals surface area contributed by atoms with Crippen LogP contribution < -0.4 is 10.5 Å². The Morgan fingerprint density at radius 3 is 3.00 bits per heavy atom. The maximum Gasteiger partial charge on any atom is 0.142 e.